The zero-order valence-corrected chi connectivity index (χ0v) is 9.56. The third-order valence-electron chi connectivity index (χ3n) is 1.97. The van der Waals surface area contributed by atoms with Gasteiger partial charge >= 0.3 is 0 Å². The van der Waals surface area contributed by atoms with Gasteiger partial charge < -0.3 is 4.74 Å². The second-order valence-corrected chi connectivity index (χ2v) is 3.73. The Hall–Kier alpha value is -0.950. The van der Waals surface area contributed by atoms with Gasteiger partial charge in [-0.2, -0.15) is 0 Å². The minimum absolute atomic E-state index is 0.549. The molecule has 0 aliphatic heterocycles. The standard InChI is InChI=1S/C12H15ClO/c1-9-4-5-12(11(3)6-9)14-8-10(2)7-13/h4-7H,8H2,1-3H3/b10-7-. The lowest BCUT2D eigenvalue weighted by Gasteiger charge is -2.09. The highest BCUT2D eigenvalue weighted by molar-refractivity contribution is 6.25. The number of benzene rings is 1. The highest BCUT2D eigenvalue weighted by Crippen LogP contribution is 2.19. The summed E-state index contributed by atoms with van der Waals surface area (Å²) in [5.74, 6) is 0.925. The fourth-order valence-corrected chi connectivity index (χ4v) is 1.25. The van der Waals surface area contributed by atoms with E-state index in [1.54, 1.807) is 5.54 Å². The zero-order valence-electron chi connectivity index (χ0n) is 8.80. The van der Waals surface area contributed by atoms with Crippen LogP contribution in [0, 0.1) is 13.8 Å². The normalized spacial score (nSPS) is 11.6. The number of aryl methyl sites for hydroxylation is 2. The molecule has 0 spiro atoms. The molecule has 1 aromatic carbocycles. The van der Waals surface area contributed by atoms with Gasteiger partial charge in [0.2, 0.25) is 0 Å². The maximum absolute atomic E-state index is 5.59. The molecule has 14 heavy (non-hydrogen) atoms. The van der Waals surface area contributed by atoms with Crippen LogP contribution in [0.25, 0.3) is 0 Å². The van der Waals surface area contributed by atoms with E-state index in [1.807, 2.05) is 26.0 Å². The van der Waals surface area contributed by atoms with E-state index in [1.165, 1.54) is 5.56 Å². The van der Waals surface area contributed by atoms with E-state index in [2.05, 4.69) is 13.0 Å². The van der Waals surface area contributed by atoms with Gasteiger partial charge in [-0.3, -0.25) is 0 Å². The summed E-state index contributed by atoms with van der Waals surface area (Å²) in [5.41, 5.74) is 4.97. The summed E-state index contributed by atoms with van der Waals surface area (Å²) in [6.07, 6.45) is 0. The third kappa shape index (κ3) is 3.08. The predicted molar refractivity (Wildman–Crippen MR) is 61.0 cm³/mol. The van der Waals surface area contributed by atoms with Crippen LogP contribution in [0.5, 0.6) is 5.75 Å². The Labute approximate surface area is 90.3 Å². The molecule has 0 unspecified atom stereocenters. The average Bonchev–Trinajstić information content (AvgIpc) is 2.16. The second kappa shape index (κ2) is 5.06. The first-order valence-corrected chi connectivity index (χ1v) is 5.03. The van der Waals surface area contributed by atoms with Crippen molar-refractivity contribution in [1.82, 2.24) is 0 Å². The van der Waals surface area contributed by atoms with Gasteiger partial charge in [0.1, 0.15) is 12.4 Å². The lowest BCUT2D eigenvalue weighted by Crippen LogP contribution is -1.99. The minimum atomic E-state index is 0.549. The fraction of sp³-hybridized carbons (Fsp3) is 0.333. The molecule has 0 fully saturated rings. The van der Waals surface area contributed by atoms with E-state index >= 15 is 0 Å². The highest BCUT2D eigenvalue weighted by Gasteiger charge is 1.99. The molecule has 76 valence electrons. The van der Waals surface area contributed by atoms with Crippen molar-refractivity contribution < 1.29 is 4.74 Å². The summed E-state index contributed by atoms with van der Waals surface area (Å²) in [4.78, 5) is 0. The van der Waals surface area contributed by atoms with Crippen LogP contribution in [0.1, 0.15) is 18.1 Å². The van der Waals surface area contributed by atoms with Crippen molar-refractivity contribution in [2.75, 3.05) is 6.61 Å². The van der Waals surface area contributed by atoms with E-state index in [-0.39, 0.29) is 0 Å². The van der Waals surface area contributed by atoms with Crippen LogP contribution in [0.15, 0.2) is 29.3 Å². The maximum atomic E-state index is 5.59. The van der Waals surface area contributed by atoms with Gasteiger partial charge in [0.05, 0.1) is 0 Å². The first kappa shape index (κ1) is 11.1. The van der Waals surface area contributed by atoms with Crippen molar-refractivity contribution in [3.8, 4) is 5.75 Å². The Bertz CT molecular complexity index is 342. The van der Waals surface area contributed by atoms with Crippen LogP contribution in [-0.4, -0.2) is 6.61 Å². The molecule has 0 radical (unpaired) electrons. The van der Waals surface area contributed by atoms with Crippen molar-refractivity contribution in [3.63, 3.8) is 0 Å². The number of hydrogen-bond donors (Lipinski definition) is 0. The lowest BCUT2D eigenvalue weighted by atomic mass is 10.1. The smallest absolute Gasteiger partial charge is 0.122 e. The van der Waals surface area contributed by atoms with Crippen LogP contribution in [0.3, 0.4) is 0 Å². The molecular weight excluding hydrogens is 196 g/mol. The van der Waals surface area contributed by atoms with E-state index in [0.29, 0.717) is 6.61 Å². The second-order valence-electron chi connectivity index (χ2n) is 3.51. The van der Waals surface area contributed by atoms with Gasteiger partial charge in [-0.15, -0.1) is 0 Å². The number of hydrogen-bond acceptors (Lipinski definition) is 1. The maximum Gasteiger partial charge on any atom is 0.122 e. The number of ether oxygens (including phenoxy) is 1. The zero-order chi connectivity index (χ0) is 10.6. The van der Waals surface area contributed by atoms with Crippen LogP contribution in [0.2, 0.25) is 0 Å². The molecule has 0 bridgehead atoms. The molecule has 0 saturated carbocycles. The summed E-state index contributed by atoms with van der Waals surface area (Å²) in [7, 11) is 0. The Morgan fingerprint density at radius 2 is 2.14 bits per heavy atom. The predicted octanol–water partition coefficient (Wildman–Crippen LogP) is 3.82. The van der Waals surface area contributed by atoms with Crippen LogP contribution in [0.4, 0.5) is 0 Å². The van der Waals surface area contributed by atoms with E-state index in [0.717, 1.165) is 16.9 Å². The van der Waals surface area contributed by atoms with Gasteiger partial charge in [0, 0.05) is 5.54 Å². The molecule has 2 heteroatoms. The molecule has 0 saturated heterocycles. The van der Waals surface area contributed by atoms with Gasteiger partial charge in [-0.25, -0.2) is 0 Å². The Kier molecular flexibility index (Phi) is 4.02. The van der Waals surface area contributed by atoms with Crippen LogP contribution in [-0.2, 0) is 0 Å². The molecule has 0 aromatic heterocycles. The van der Waals surface area contributed by atoms with Gasteiger partial charge in [-0.1, -0.05) is 29.3 Å². The molecule has 0 amide bonds. The molecule has 0 N–H and O–H groups in total. The van der Waals surface area contributed by atoms with E-state index in [9.17, 15) is 0 Å². The topological polar surface area (TPSA) is 9.23 Å². The first-order valence-electron chi connectivity index (χ1n) is 4.59. The number of halogens is 1. The molecule has 1 nitrogen and oxygen atoms in total. The van der Waals surface area contributed by atoms with Crippen molar-refractivity contribution in [2.45, 2.75) is 20.8 Å². The van der Waals surface area contributed by atoms with Crippen molar-refractivity contribution in [2.24, 2.45) is 0 Å². The van der Waals surface area contributed by atoms with Crippen molar-refractivity contribution in [3.05, 3.63) is 40.4 Å². The quantitative estimate of drug-likeness (QED) is 0.737. The molecule has 1 aromatic rings. The van der Waals surface area contributed by atoms with Crippen molar-refractivity contribution in [1.29, 1.82) is 0 Å². The molecule has 0 aliphatic rings. The molecule has 0 heterocycles. The third-order valence-corrected chi connectivity index (χ3v) is 2.34. The van der Waals surface area contributed by atoms with E-state index in [4.69, 9.17) is 16.3 Å². The Balaban J connectivity index is 2.68. The first-order chi connectivity index (χ1) is 6.63. The Morgan fingerprint density at radius 1 is 1.43 bits per heavy atom. The molecule has 0 aliphatic carbocycles. The lowest BCUT2D eigenvalue weighted by molar-refractivity contribution is 0.350. The summed E-state index contributed by atoms with van der Waals surface area (Å²) in [6, 6.07) is 6.14. The monoisotopic (exact) mass is 210 g/mol. The largest absolute Gasteiger partial charge is 0.489 e. The Morgan fingerprint density at radius 3 is 2.71 bits per heavy atom. The average molecular weight is 211 g/mol. The van der Waals surface area contributed by atoms with Crippen molar-refractivity contribution >= 4 is 11.6 Å². The SMILES string of the molecule is C/C(=C/Cl)COc1ccc(C)cc1C. The number of rotatable bonds is 3. The van der Waals surface area contributed by atoms with Crippen LogP contribution < -0.4 is 4.74 Å². The summed E-state index contributed by atoms with van der Waals surface area (Å²) >= 11 is 5.54. The van der Waals surface area contributed by atoms with Crippen LogP contribution >= 0.6 is 11.6 Å². The summed E-state index contributed by atoms with van der Waals surface area (Å²) in [5, 5.41) is 0. The summed E-state index contributed by atoms with van der Waals surface area (Å²) in [6.45, 7) is 6.60. The molecule has 1 rings (SSSR count). The van der Waals surface area contributed by atoms with Gasteiger partial charge in [0.25, 0.3) is 0 Å². The molecule has 0 atom stereocenters. The minimum Gasteiger partial charge on any atom is -0.489 e. The summed E-state index contributed by atoms with van der Waals surface area (Å²) < 4.78 is 5.59. The molecular formula is C12H15ClO. The van der Waals surface area contributed by atoms with E-state index < -0.39 is 0 Å². The van der Waals surface area contributed by atoms with Gasteiger partial charge in [0.15, 0.2) is 0 Å². The highest BCUT2D eigenvalue weighted by atomic mass is 35.5. The van der Waals surface area contributed by atoms with Gasteiger partial charge in [-0.05, 0) is 38.0 Å². The fourth-order valence-electron chi connectivity index (χ4n) is 1.18.